The SMILES string of the molecule is CN1C(=O)[C@H]2c3c([nH]c4ccccc34)-c3cc4ccccc4n3[C@@]2(O)C1=O. The molecule has 0 aliphatic carbocycles. The second-order valence-corrected chi connectivity index (χ2v) is 7.24. The average molecular weight is 357 g/mol. The molecule has 4 aromatic rings. The largest absolute Gasteiger partial charge is 0.362 e. The number of nitrogens with zero attached hydrogens (tertiary/aromatic N) is 2. The van der Waals surface area contributed by atoms with E-state index in [1.165, 1.54) is 7.05 Å². The number of H-pyrrole nitrogens is 1. The molecule has 2 aromatic carbocycles. The summed E-state index contributed by atoms with van der Waals surface area (Å²) in [7, 11) is 1.43. The number of fused-ring (bicyclic) bond motifs is 10. The Balaban J connectivity index is 1.86. The number of aliphatic hydroxyl groups is 1. The van der Waals surface area contributed by atoms with Crippen molar-refractivity contribution in [3.8, 4) is 11.4 Å². The molecule has 2 atom stereocenters. The van der Waals surface area contributed by atoms with Crippen LogP contribution in [0.15, 0.2) is 54.6 Å². The van der Waals surface area contributed by atoms with Gasteiger partial charge in [-0.3, -0.25) is 14.5 Å². The van der Waals surface area contributed by atoms with Gasteiger partial charge in [0.2, 0.25) is 11.6 Å². The minimum absolute atomic E-state index is 0.392. The summed E-state index contributed by atoms with van der Waals surface area (Å²) in [5, 5.41) is 13.5. The number of nitrogens with one attached hydrogen (secondary N) is 1. The number of aromatic amines is 1. The molecule has 0 saturated carbocycles. The summed E-state index contributed by atoms with van der Waals surface area (Å²) in [4.78, 5) is 30.6. The van der Waals surface area contributed by atoms with Gasteiger partial charge in [-0.05, 0) is 18.2 Å². The fourth-order valence-electron chi connectivity index (χ4n) is 4.76. The number of amides is 2. The second kappa shape index (κ2) is 4.47. The molecule has 0 radical (unpaired) electrons. The Bertz CT molecular complexity index is 1310. The van der Waals surface area contributed by atoms with E-state index in [1.807, 2.05) is 54.6 Å². The van der Waals surface area contributed by atoms with Crippen molar-refractivity contribution < 1.29 is 14.7 Å². The van der Waals surface area contributed by atoms with Gasteiger partial charge in [-0.25, -0.2) is 0 Å². The Morgan fingerprint density at radius 1 is 1.07 bits per heavy atom. The Hall–Kier alpha value is -3.38. The maximum atomic E-state index is 13.1. The highest BCUT2D eigenvalue weighted by Crippen LogP contribution is 2.53. The van der Waals surface area contributed by atoms with E-state index < -0.39 is 23.5 Å². The van der Waals surface area contributed by atoms with Crippen molar-refractivity contribution in [3.63, 3.8) is 0 Å². The van der Waals surface area contributed by atoms with Crippen LogP contribution >= 0.6 is 0 Å². The molecular weight excluding hydrogens is 342 g/mol. The van der Waals surface area contributed by atoms with Gasteiger partial charge in [0, 0.05) is 28.9 Å². The monoisotopic (exact) mass is 357 g/mol. The summed E-state index contributed by atoms with van der Waals surface area (Å²) < 4.78 is 1.62. The molecule has 2 aliphatic rings. The third kappa shape index (κ3) is 1.48. The number of likely N-dealkylation sites (tertiary alicyclic amines) is 1. The fraction of sp³-hybridized carbons (Fsp3) is 0.143. The minimum atomic E-state index is -1.97. The fourth-order valence-corrected chi connectivity index (χ4v) is 4.76. The van der Waals surface area contributed by atoms with Crippen LogP contribution in [-0.4, -0.2) is 38.4 Å². The molecule has 6 heteroatoms. The lowest BCUT2D eigenvalue weighted by Crippen LogP contribution is -2.46. The van der Waals surface area contributed by atoms with Crippen LogP contribution in [0, 0.1) is 0 Å². The van der Waals surface area contributed by atoms with Crippen LogP contribution in [0.2, 0.25) is 0 Å². The van der Waals surface area contributed by atoms with Crippen molar-refractivity contribution in [3.05, 3.63) is 60.2 Å². The Labute approximate surface area is 153 Å². The molecular formula is C21H15N3O3. The van der Waals surface area contributed by atoms with Crippen molar-refractivity contribution in [1.82, 2.24) is 14.5 Å². The highest BCUT2D eigenvalue weighted by Gasteiger charge is 2.63. The number of carbonyl (C=O) groups is 2. The Kier molecular flexibility index (Phi) is 2.44. The molecule has 27 heavy (non-hydrogen) atoms. The van der Waals surface area contributed by atoms with Gasteiger partial charge in [0.05, 0.1) is 16.9 Å². The molecule has 132 valence electrons. The van der Waals surface area contributed by atoms with Crippen LogP contribution in [-0.2, 0) is 15.3 Å². The predicted molar refractivity (Wildman–Crippen MR) is 99.9 cm³/mol. The maximum Gasteiger partial charge on any atom is 0.283 e. The number of para-hydroxylation sites is 2. The number of benzene rings is 2. The zero-order valence-corrected chi connectivity index (χ0v) is 14.4. The van der Waals surface area contributed by atoms with Gasteiger partial charge >= 0.3 is 0 Å². The molecule has 6 nitrogen and oxygen atoms in total. The van der Waals surface area contributed by atoms with E-state index in [1.54, 1.807) is 4.57 Å². The lowest BCUT2D eigenvalue weighted by Gasteiger charge is -2.34. The number of carbonyl (C=O) groups excluding carboxylic acids is 2. The van der Waals surface area contributed by atoms with E-state index >= 15 is 0 Å². The molecule has 1 saturated heterocycles. The van der Waals surface area contributed by atoms with Gasteiger partial charge in [0.25, 0.3) is 5.91 Å². The van der Waals surface area contributed by atoms with Gasteiger partial charge in [-0.15, -0.1) is 0 Å². The van der Waals surface area contributed by atoms with E-state index in [2.05, 4.69) is 4.98 Å². The highest BCUT2D eigenvalue weighted by molar-refractivity contribution is 6.15. The Morgan fingerprint density at radius 2 is 1.81 bits per heavy atom. The first-order valence-corrected chi connectivity index (χ1v) is 8.80. The summed E-state index contributed by atoms with van der Waals surface area (Å²) in [6.07, 6.45) is 0. The smallest absolute Gasteiger partial charge is 0.283 e. The van der Waals surface area contributed by atoms with Crippen LogP contribution in [0.4, 0.5) is 0 Å². The zero-order chi connectivity index (χ0) is 18.5. The zero-order valence-electron chi connectivity index (χ0n) is 14.4. The first-order chi connectivity index (χ1) is 13.0. The summed E-state index contributed by atoms with van der Waals surface area (Å²) in [5.41, 5.74) is 1.80. The van der Waals surface area contributed by atoms with E-state index in [4.69, 9.17) is 0 Å². The highest BCUT2D eigenvalue weighted by atomic mass is 16.3. The summed E-state index contributed by atoms with van der Waals surface area (Å²) in [6, 6.07) is 17.2. The van der Waals surface area contributed by atoms with Gasteiger partial charge in [0.1, 0.15) is 5.92 Å². The van der Waals surface area contributed by atoms with Gasteiger partial charge in [-0.2, -0.15) is 0 Å². The number of likely N-dealkylation sites (N-methyl/N-ethyl adjacent to an activating group) is 1. The van der Waals surface area contributed by atoms with Crippen LogP contribution in [0.3, 0.4) is 0 Å². The predicted octanol–water partition coefficient (Wildman–Crippen LogP) is 2.53. The van der Waals surface area contributed by atoms with Gasteiger partial charge in [0.15, 0.2) is 0 Å². The standard InChI is InChI=1S/C21H15N3O3/c1-23-19(25)17-16-12-7-3-4-8-13(12)22-18(16)15-10-11-6-2-5-9-14(11)24(15)21(17,27)20(23)26/h2-10,17,22,27H,1H3/t17-,21+/m1/s1. The van der Waals surface area contributed by atoms with Crippen molar-refractivity contribution in [2.24, 2.45) is 0 Å². The van der Waals surface area contributed by atoms with E-state index in [0.29, 0.717) is 11.3 Å². The summed E-state index contributed by atoms with van der Waals surface area (Å²) >= 11 is 0. The number of hydrogen-bond acceptors (Lipinski definition) is 3. The second-order valence-electron chi connectivity index (χ2n) is 7.24. The van der Waals surface area contributed by atoms with Crippen molar-refractivity contribution in [1.29, 1.82) is 0 Å². The van der Waals surface area contributed by atoms with Gasteiger partial charge in [-0.1, -0.05) is 36.4 Å². The molecule has 2 aromatic heterocycles. The van der Waals surface area contributed by atoms with Crippen molar-refractivity contribution in [2.75, 3.05) is 7.05 Å². The lowest BCUT2D eigenvalue weighted by atomic mass is 9.84. The van der Waals surface area contributed by atoms with Crippen LogP contribution in [0.1, 0.15) is 11.5 Å². The molecule has 2 N–H and O–H groups in total. The van der Waals surface area contributed by atoms with Crippen LogP contribution in [0.25, 0.3) is 33.2 Å². The lowest BCUT2D eigenvalue weighted by molar-refractivity contribution is -0.152. The Morgan fingerprint density at radius 3 is 2.67 bits per heavy atom. The summed E-state index contributed by atoms with van der Waals surface area (Å²) in [5.74, 6) is -1.97. The molecule has 0 spiro atoms. The van der Waals surface area contributed by atoms with E-state index in [0.717, 1.165) is 32.4 Å². The molecule has 1 fully saturated rings. The van der Waals surface area contributed by atoms with Gasteiger partial charge < -0.3 is 14.7 Å². The third-order valence-electron chi connectivity index (χ3n) is 5.94. The number of hydrogen-bond donors (Lipinski definition) is 2. The first-order valence-electron chi connectivity index (χ1n) is 8.80. The van der Waals surface area contributed by atoms with Crippen LogP contribution < -0.4 is 0 Å². The maximum absolute atomic E-state index is 13.1. The normalized spacial score (nSPS) is 23.8. The summed E-state index contributed by atoms with van der Waals surface area (Å²) in [6.45, 7) is 0. The molecule has 2 amide bonds. The third-order valence-corrected chi connectivity index (χ3v) is 5.94. The van der Waals surface area contributed by atoms with Crippen molar-refractivity contribution in [2.45, 2.75) is 11.6 Å². The number of imide groups is 1. The van der Waals surface area contributed by atoms with Crippen LogP contribution in [0.5, 0.6) is 0 Å². The van der Waals surface area contributed by atoms with E-state index in [-0.39, 0.29) is 0 Å². The minimum Gasteiger partial charge on any atom is -0.362 e. The quantitative estimate of drug-likeness (QED) is 0.475. The molecule has 2 aliphatic heterocycles. The number of aromatic nitrogens is 2. The first kappa shape index (κ1) is 14.8. The molecule has 4 heterocycles. The number of rotatable bonds is 0. The molecule has 0 bridgehead atoms. The molecule has 6 rings (SSSR count). The topological polar surface area (TPSA) is 78.3 Å². The van der Waals surface area contributed by atoms with E-state index in [9.17, 15) is 14.7 Å². The average Bonchev–Trinajstić information content (AvgIpc) is 3.30. The van der Waals surface area contributed by atoms with Crippen molar-refractivity contribution >= 4 is 33.6 Å². The molecule has 0 unspecified atom stereocenters.